The first-order valence-electron chi connectivity index (χ1n) is 8.36. The van der Waals surface area contributed by atoms with Crippen molar-refractivity contribution in [2.75, 3.05) is 13.2 Å². The zero-order chi connectivity index (χ0) is 16.0. The zero-order valence-corrected chi connectivity index (χ0v) is 13.7. The van der Waals surface area contributed by atoms with E-state index in [2.05, 4.69) is 6.92 Å². The lowest BCUT2D eigenvalue weighted by atomic mass is 10.1. The summed E-state index contributed by atoms with van der Waals surface area (Å²) in [6.45, 7) is 2.85. The number of rotatable bonds is 13. The van der Waals surface area contributed by atoms with Crippen molar-refractivity contribution in [2.45, 2.75) is 58.3 Å². The first-order valence-corrected chi connectivity index (χ1v) is 8.36. The molecule has 1 aromatic carbocycles. The molecule has 0 bridgehead atoms. The van der Waals surface area contributed by atoms with Crippen molar-refractivity contribution in [1.82, 2.24) is 0 Å². The normalized spacial score (nSPS) is 10.4. The Morgan fingerprint density at radius 2 is 1.55 bits per heavy atom. The summed E-state index contributed by atoms with van der Waals surface area (Å²) in [5.74, 6) is 0.891. The minimum absolute atomic E-state index is 0.110. The van der Waals surface area contributed by atoms with Crippen LogP contribution in [0.3, 0.4) is 0 Å². The van der Waals surface area contributed by atoms with E-state index in [0.29, 0.717) is 12.4 Å². The summed E-state index contributed by atoms with van der Waals surface area (Å²) in [5.41, 5.74) is 5.05. The molecule has 0 atom stereocenters. The van der Waals surface area contributed by atoms with Crippen molar-refractivity contribution in [3.8, 4) is 11.5 Å². The summed E-state index contributed by atoms with van der Waals surface area (Å²) >= 11 is 0. The molecule has 0 spiro atoms. The van der Waals surface area contributed by atoms with Gasteiger partial charge in [0.15, 0.2) is 6.61 Å². The molecule has 22 heavy (non-hydrogen) atoms. The Morgan fingerprint density at radius 1 is 0.955 bits per heavy atom. The van der Waals surface area contributed by atoms with Crippen molar-refractivity contribution in [1.29, 1.82) is 0 Å². The summed E-state index contributed by atoms with van der Waals surface area (Å²) in [4.78, 5) is 10.7. The van der Waals surface area contributed by atoms with Crippen molar-refractivity contribution in [2.24, 2.45) is 5.73 Å². The van der Waals surface area contributed by atoms with Crippen molar-refractivity contribution in [3.05, 3.63) is 24.3 Å². The quantitative estimate of drug-likeness (QED) is 0.559. The van der Waals surface area contributed by atoms with Gasteiger partial charge >= 0.3 is 0 Å². The van der Waals surface area contributed by atoms with Gasteiger partial charge in [-0.15, -0.1) is 0 Å². The van der Waals surface area contributed by atoms with Crippen LogP contribution in [0, 0.1) is 0 Å². The van der Waals surface area contributed by atoms with Crippen LogP contribution in [0.4, 0.5) is 0 Å². The van der Waals surface area contributed by atoms with Crippen LogP contribution in [0.15, 0.2) is 24.3 Å². The van der Waals surface area contributed by atoms with Gasteiger partial charge in [0.1, 0.15) is 11.5 Å². The van der Waals surface area contributed by atoms with E-state index in [1.165, 1.54) is 44.9 Å². The van der Waals surface area contributed by atoms with E-state index in [1.807, 2.05) is 12.1 Å². The molecule has 1 amide bonds. The molecule has 0 fully saturated rings. The molecule has 2 N–H and O–H groups in total. The van der Waals surface area contributed by atoms with Crippen LogP contribution in [-0.2, 0) is 4.79 Å². The van der Waals surface area contributed by atoms with Gasteiger partial charge < -0.3 is 15.2 Å². The zero-order valence-electron chi connectivity index (χ0n) is 13.7. The van der Waals surface area contributed by atoms with Crippen molar-refractivity contribution in [3.63, 3.8) is 0 Å². The topological polar surface area (TPSA) is 61.6 Å². The number of hydrogen-bond acceptors (Lipinski definition) is 3. The molecule has 0 heterocycles. The van der Waals surface area contributed by atoms with Gasteiger partial charge in [-0.3, -0.25) is 4.79 Å². The van der Waals surface area contributed by atoms with Gasteiger partial charge in [-0.2, -0.15) is 0 Å². The predicted molar refractivity (Wildman–Crippen MR) is 89.2 cm³/mol. The molecule has 0 unspecified atom stereocenters. The first kappa shape index (κ1) is 18.3. The highest BCUT2D eigenvalue weighted by Crippen LogP contribution is 2.19. The summed E-state index contributed by atoms with van der Waals surface area (Å²) in [6.07, 6.45) is 10.3. The molecule has 0 saturated heterocycles. The fourth-order valence-corrected chi connectivity index (χ4v) is 2.23. The molecular formula is C18H29NO3. The number of nitrogens with two attached hydrogens (primary N) is 1. The lowest BCUT2D eigenvalue weighted by Crippen LogP contribution is -2.19. The van der Waals surface area contributed by atoms with E-state index >= 15 is 0 Å². The van der Waals surface area contributed by atoms with E-state index in [4.69, 9.17) is 15.2 Å². The maximum Gasteiger partial charge on any atom is 0.255 e. The molecule has 0 radical (unpaired) electrons. The second-order valence-corrected chi connectivity index (χ2v) is 5.55. The largest absolute Gasteiger partial charge is 0.493 e. The Kier molecular flexibility index (Phi) is 9.92. The second kappa shape index (κ2) is 11.9. The molecule has 0 aliphatic carbocycles. The maximum atomic E-state index is 10.7. The summed E-state index contributed by atoms with van der Waals surface area (Å²) in [7, 11) is 0. The third kappa shape index (κ3) is 9.27. The van der Waals surface area contributed by atoms with E-state index in [-0.39, 0.29) is 6.61 Å². The lowest BCUT2D eigenvalue weighted by Gasteiger charge is -2.08. The molecule has 0 aliphatic rings. The third-order valence-electron chi connectivity index (χ3n) is 3.45. The molecule has 4 nitrogen and oxygen atoms in total. The Labute approximate surface area is 134 Å². The van der Waals surface area contributed by atoms with Crippen molar-refractivity contribution >= 4 is 5.91 Å². The molecule has 4 heteroatoms. The second-order valence-electron chi connectivity index (χ2n) is 5.55. The van der Waals surface area contributed by atoms with Gasteiger partial charge in [0, 0.05) is 6.07 Å². The predicted octanol–water partition coefficient (Wildman–Crippen LogP) is 4.07. The highest BCUT2D eigenvalue weighted by molar-refractivity contribution is 5.75. The summed E-state index contributed by atoms with van der Waals surface area (Å²) in [5, 5.41) is 0. The van der Waals surface area contributed by atoms with Gasteiger partial charge in [-0.1, -0.05) is 57.9 Å². The number of primary amides is 1. The summed E-state index contributed by atoms with van der Waals surface area (Å²) < 4.78 is 10.9. The standard InChI is InChI=1S/C18H29NO3/c1-2-3-4-5-6-7-8-9-13-21-16-11-10-12-17(14-16)22-15-18(19)20/h10-12,14H,2-9,13,15H2,1H3,(H2,19,20). The Morgan fingerprint density at radius 3 is 2.18 bits per heavy atom. The van der Waals surface area contributed by atoms with Crippen LogP contribution in [0.1, 0.15) is 58.3 Å². The van der Waals surface area contributed by atoms with Gasteiger partial charge in [0.25, 0.3) is 5.91 Å². The molecule has 0 aliphatic heterocycles. The number of benzene rings is 1. The van der Waals surface area contributed by atoms with Crippen LogP contribution < -0.4 is 15.2 Å². The number of ether oxygens (including phenoxy) is 2. The molecule has 0 saturated carbocycles. The van der Waals surface area contributed by atoms with Gasteiger partial charge in [-0.05, 0) is 18.6 Å². The summed E-state index contributed by atoms with van der Waals surface area (Å²) in [6, 6.07) is 7.31. The average molecular weight is 307 g/mol. The van der Waals surface area contributed by atoms with Crippen LogP contribution in [0.2, 0.25) is 0 Å². The highest BCUT2D eigenvalue weighted by atomic mass is 16.5. The van der Waals surface area contributed by atoms with E-state index in [0.717, 1.165) is 12.2 Å². The first-order chi connectivity index (χ1) is 10.7. The average Bonchev–Trinajstić information content (AvgIpc) is 2.52. The Bertz CT molecular complexity index is 421. The highest BCUT2D eigenvalue weighted by Gasteiger charge is 2.00. The van der Waals surface area contributed by atoms with Crippen LogP contribution in [0.25, 0.3) is 0 Å². The number of amides is 1. The SMILES string of the molecule is CCCCCCCCCCOc1cccc(OCC(N)=O)c1. The number of carbonyl (C=O) groups is 1. The van der Waals surface area contributed by atoms with Crippen LogP contribution in [0.5, 0.6) is 11.5 Å². The van der Waals surface area contributed by atoms with Crippen LogP contribution >= 0.6 is 0 Å². The molecule has 1 aromatic rings. The number of unbranched alkanes of at least 4 members (excludes halogenated alkanes) is 7. The van der Waals surface area contributed by atoms with Crippen LogP contribution in [-0.4, -0.2) is 19.1 Å². The Hall–Kier alpha value is -1.71. The van der Waals surface area contributed by atoms with Gasteiger partial charge in [0.2, 0.25) is 0 Å². The monoisotopic (exact) mass is 307 g/mol. The number of carbonyl (C=O) groups excluding carboxylic acids is 1. The minimum Gasteiger partial charge on any atom is -0.493 e. The smallest absolute Gasteiger partial charge is 0.255 e. The van der Waals surface area contributed by atoms with Gasteiger partial charge in [0.05, 0.1) is 6.61 Å². The molecule has 0 aromatic heterocycles. The van der Waals surface area contributed by atoms with Crippen molar-refractivity contribution < 1.29 is 14.3 Å². The maximum absolute atomic E-state index is 10.7. The van der Waals surface area contributed by atoms with E-state index in [1.54, 1.807) is 12.1 Å². The van der Waals surface area contributed by atoms with E-state index in [9.17, 15) is 4.79 Å². The Balaban J connectivity index is 2.09. The van der Waals surface area contributed by atoms with Gasteiger partial charge in [-0.25, -0.2) is 0 Å². The lowest BCUT2D eigenvalue weighted by molar-refractivity contribution is -0.119. The minimum atomic E-state index is -0.481. The molecule has 124 valence electrons. The fraction of sp³-hybridized carbons (Fsp3) is 0.611. The fourth-order valence-electron chi connectivity index (χ4n) is 2.23. The molecular weight excluding hydrogens is 278 g/mol. The third-order valence-corrected chi connectivity index (χ3v) is 3.45. The number of hydrogen-bond donors (Lipinski definition) is 1. The van der Waals surface area contributed by atoms with E-state index < -0.39 is 5.91 Å². The molecule has 1 rings (SSSR count).